The van der Waals surface area contributed by atoms with Gasteiger partial charge < -0.3 is 4.52 Å². The molecule has 3 heterocycles. The molecule has 0 fully saturated rings. The first-order chi connectivity index (χ1) is 9.69. The van der Waals surface area contributed by atoms with Gasteiger partial charge in [0.2, 0.25) is 5.89 Å². The quantitative estimate of drug-likeness (QED) is 0.734. The van der Waals surface area contributed by atoms with Gasteiger partial charge in [0.1, 0.15) is 4.83 Å². The fourth-order valence-corrected chi connectivity index (χ4v) is 2.90. The van der Waals surface area contributed by atoms with Crippen LogP contribution in [0.2, 0.25) is 0 Å². The minimum absolute atomic E-state index is 0.0102. The van der Waals surface area contributed by atoms with Crippen LogP contribution in [-0.4, -0.2) is 19.7 Å². The van der Waals surface area contributed by atoms with Crippen molar-refractivity contribution < 1.29 is 4.52 Å². The third-order valence-corrected chi connectivity index (χ3v) is 4.14. The van der Waals surface area contributed by atoms with Gasteiger partial charge in [0.25, 0.3) is 5.56 Å². The Balaban J connectivity index is 1.85. The van der Waals surface area contributed by atoms with Crippen LogP contribution in [0, 0.1) is 6.92 Å². The summed E-state index contributed by atoms with van der Waals surface area (Å²) < 4.78 is 6.71. The fourth-order valence-electron chi connectivity index (χ4n) is 2.01. The Hall–Kier alpha value is -2.02. The number of fused-ring (bicyclic) bond motifs is 1. The van der Waals surface area contributed by atoms with Gasteiger partial charge in [-0.1, -0.05) is 12.1 Å². The topological polar surface area (TPSA) is 73.8 Å². The van der Waals surface area contributed by atoms with Crippen LogP contribution < -0.4 is 5.56 Å². The molecule has 104 valence electrons. The molecule has 3 aromatic heterocycles. The molecule has 0 saturated heterocycles. The van der Waals surface area contributed by atoms with E-state index in [9.17, 15) is 4.79 Å². The third-order valence-electron chi connectivity index (χ3n) is 3.14. The fraction of sp³-hybridized carbons (Fsp3) is 0.385. The largest absolute Gasteiger partial charge is 0.339 e. The molecule has 0 N–H and O–H groups in total. The molecule has 7 heteroatoms. The van der Waals surface area contributed by atoms with E-state index in [1.165, 1.54) is 11.3 Å². The van der Waals surface area contributed by atoms with Gasteiger partial charge >= 0.3 is 0 Å². The Labute approximate surface area is 119 Å². The molecule has 20 heavy (non-hydrogen) atoms. The van der Waals surface area contributed by atoms with E-state index in [0.717, 1.165) is 16.8 Å². The molecule has 3 rings (SSSR count). The van der Waals surface area contributed by atoms with Gasteiger partial charge in [-0.15, -0.1) is 11.3 Å². The molecule has 0 aliphatic rings. The van der Waals surface area contributed by atoms with E-state index in [2.05, 4.69) is 15.1 Å². The first-order valence-corrected chi connectivity index (χ1v) is 7.31. The Kier molecular flexibility index (Phi) is 3.35. The van der Waals surface area contributed by atoms with Crippen LogP contribution in [0.15, 0.2) is 21.0 Å². The second-order valence-corrected chi connectivity index (χ2v) is 5.41. The van der Waals surface area contributed by atoms with Crippen LogP contribution in [0.1, 0.15) is 24.2 Å². The molecule has 0 radical (unpaired) electrons. The van der Waals surface area contributed by atoms with Crippen molar-refractivity contribution in [3.8, 4) is 0 Å². The number of rotatable bonds is 4. The lowest BCUT2D eigenvalue weighted by molar-refractivity contribution is 0.366. The zero-order valence-electron chi connectivity index (χ0n) is 11.3. The summed E-state index contributed by atoms with van der Waals surface area (Å²) in [5.41, 5.74) is 0.965. The second kappa shape index (κ2) is 5.16. The predicted octanol–water partition coefficient (Wildman–Crippen LogP) is 1.95. The van der Waals surface area contributed by atoms with Crippen molar-refractivity contribution in [2.45, 2.75) is 33.2 Å². The van der Waals surface area contributed by atoms with Crippen molar-refractivity contribution in [2.75, 3.05) is 0 Å². The van der Waals surface area contributed by atoms with Crippen molar-refractivity contribution in [3.63, 3.8) is 0 Å². The zero-order valence-corrected chi connectivity index (χ0v) is 12.1. The van der Waals surface area contributed by atoms with Gasteiger partial charge in [-0.2, -0.15) is 4.98 Å². The number of nitrogens with zero attached hydrogens (tertiary/aromatic N) is 4. The summed E-state index contributed by atoms with van der Waals surface area (Å²) in [6, 6.07) is 0. The first-order valence-electron chi connectivity index (χ1n) is 6.43. The molecule has 0 atom stereocenters. The highest BCUT2D eigenvalue weighted by molar-refractivity contribution is 7.16. The summed E-state index contributed by atoms with van der Waals surface area (Å²) >= 11 is 1.49. The van der Waals surface area contributed by atoms with Gasteiger partial charge in [-0.3, -0.25) is 9.36 Å². The second-order valence-electron chi connectivity index (χ2n) is 4.55. The van der Waals surface area contributed by atoms with Gasteiger partial charge in [0.15, 0.2) is 5.82 Å². The van der Waals surface area contributed by atoms with Gasteiger partial charge in [-0.05, 0) is 17.9 Å². The molecule has 0 aliphatic heterocycles. The van der Waals surface area contributed by atoms with E-state index >= 15 is 0 Å². The molecule has 0 bridgehead atoms. The Morgan fingerprint density at radius 2 is 2.30 bits per heavy atom. The van der Waals surface area contributed by atoms with E-state index in [-0.39, 0.29) is 5.56 Å². The molecular weight excluding hydrogens is 276 g/mol. The molecule has 0 aliphatic carbocycles. The van der Waals surface area contributed by atoms with E-state index in [4.69, 9.17) is 4.52 Å². The van der Waals surface area contributed by atoms with Crippen LogP contribution in [0.5, 0.6) is 0 Å². The van der Waals surface area contributed by atoms with Crippen molar-refractivity contribution in [2.24, 2.45) is 0 Å². The molecular formula is C13H14N4O2S. The van der Waals surface area contributed by atoms with Crippen LogP contribution in [-0.2, 0) is 19.4 Å². The lowest BCUT2D eigenvalue weighted by Crippen LogP contribution is -2.21. The van der Waals surface area contributed by atoms with Crippen molar-refractivity contribution >= 4 is 21.6 Å². The Bertz CT molecular complexity index is 802. The van der Waals surface area contributed by atoms with Gasteiger partial charge in [-0.25, -0.2) is 4.98 Å². The summed E-state index contributed by atoms with van der Waals surface area (Å²) in [4.78, 5) is 21.7. The van der Waals surface area contributed by atoms with Crippen molar-refractivity contribution in [1.82, 2.24) is 19.7 Å². The molecule has 0 unspecified atom stereocenters. The maximum absolute atomic E-state index is 12.4. The van der Waals surface area contributed by atoms with Crippen LogP contribution in [0.25, 0.3) is 10.2 Å². The number of aromatic nitrogens is 4. The zero-order chi connectivity index (χ0) is 14.1. The molecule has 3 aromatic rings. The molecule has 0 saturated carbocycles. The minimum atomic E-state index is -0.0102. The van der Waals surface area contributed by atoms with Gasteiger partial charge in [0, 0.05) is 19.4 Å². The highest BCUT2D eigenvalue weighted by atomic mass is 32.1. The normalized spacial score (nSPS) is 11.3. The summed E-state index contributed by atoms with van der Waals surface area (Å²) in [6.07, 6.45) is 2.85. The lowest BCUT2D eigenvalue weighted by atomic mass is 10.3. The molecule has 0 spiro atoms. The van der Waals surface area contributed by atoms with Crippen LogP contribution >= 0.6 is 11.3 Å². The van der Waals surface area contributed by atoms with E-state index < -0.39 is 0 Å². The lowest BCUT2D eigenvalue weighted by Gasteiger charge is -2.03. The number of thiophene rings is 1. The summed E-state index contributed by atoms with van der Waals surface area (Å²) in [7, 11) is 0. The average Bonchev–Trinajstić information content (AvgIpc) is 3.05. The minimum Gasteiger partial charge on any atom is -0.339 e. The van der Waals surface area contributed by atoms with E-state index in [1.54, 1.807) is 10.9 Å². The highest BCUT2D eigenvalue weighted by Gasteiger charge is 2.10. The maximum Gasteiger partial charge on any atom is 0.262 e. The Morgan fingerprint density at radius 3 is 3.05 bits per heavy atom. The molecule has 0 amide bonds. The number of hydrogen-bond donors (Lipinski definition) is 0. The monoisotopic (exact) mass is 290 g/mol. The van der Waals surface area contributed by atoms with E-state index in [1.807, 2.05) is 19.2 Å². The van der Waals surface area contributed by atoms with Crippen molar-refractivity contribution in [1.29, 1.82) is 0 Å². The first kappa shape index (κ1) is 13.0. The third kappa shape index (κ3) is 2.24. The SMILES string of the molecule is CCc1noc(CCn2cnc3scc(C)c3c2=O)n1. The summed E-state index contributed by atoms with van der Waals surface area (Å²) in [6.45, 7) is 4.39. The number of hydrogen-bond acceptors (Lipinski definition) is 6. The highest BCUT2D eigenvalue weighted by Crippen LogP contribution is 2.19. The molecule has 6 nitrogen and oxygen atoms in total. The van der Waals surface area contributed by atoms with E-state index in [0.29, 0.717) is 30.1 Å². The number of aryl methyl sites for hydroxylation is 4. The smallest absolute Gasteiger partial charge is 0.262 e. The van der Waals surface area contributed by atoms with Crippen molar-refractivity contribution in [3.05, 3.63) is 39.3 Å². The molecule has 0 aromatic carbocycles. The predicted molar refractivity (Wildman–Crippen MR) is 76.0 cm³/mol. The van der Waals surface area contributed by atoms with Crippen LogP contribution in [0.3, 0.4) is 0 Å². The Morgan fingerprint density at radius 1 is 1.45 bits per heavy atom. The van der Waals surface area contributed by atoms with Gasteiger partial charge in [0.05, 0.1) is 11.7 Å². The maximum atomic E-state index is 12.4. The summed E-state index contributed by atoms with van der Waals surface area (Å²) in [5.74, 6) is 1.24. The van der Waals surface area contributed by atoms with Crippen LogP contribution in [0.4, 0.5) is 0 Å². The summed E-state index contributed by atoms with van der Waals surface area (Å²) in [5, 5.41) is 6.50. The average molecular weight is 290 g/mol. The standard InChI is InChI=1S/C13H14N4O2S/c1-3-9-15-10(19-16-9)4-5-17-7-14-12-11(13(17)18)8(2)6-20-12/h6-7H,3-5H2,1-2H3.